The first kappa shape index (κ1) is 12.1. The van der Waals surface area contributed by atoms with Gasteiger partial charge in [-0.15, -0.1) is 11.3 Å². The highest BCUT2D eigenvalue weighted by Gasteiger charge is 2.39. The lowest BCUT2D eigenvalue weighted by Gasteiger charge is -2.38. The van der Waals surface area contributed by atoms with Crippen LogP contribution in [0.1, 0.15) is 30.2 Å². The molecule has 2 aliphatic rings. The fraction of sp³-hybridized carbons (Fsp3) is 0.615. The van der Waals surface area contributed by atoms with Gasteiger partial charge in [-0.3, -0.25) is 4.79 Å². The second-order valence-electron chi connectivity index (χ2n) is 4.93. The minimum Gasteiger partial charge on any atom is -0.374 e. The van der Waals surface area contributed by atoms with Gasteiger partial charge in [0.05, 0.1) is 18.8 Å². The van der Waals surface area contributed by atoms with E-state index in [9.17, 15) is 4.79 Å². The predicted molar refractivity (Wildman–Crippen MR) is 70.3 cm³/mol. The van der Waals surface area contributed by atoms with Gasteiger partial charge in [-0.05, 0) is 30.7 Å². The van der Waals surface area contributed by atoms with E-state index < -0.39 is 6.04 Å². The molecule has 4 nitrogen and oxygen atoms in total. The number of morpholine rings is 1. The third kappa shape index (κ3) is 2.06. The van der Waals surface area contributed by atoms with Crippen LogP contribution in [0, 0.1) is 0 Å². The summed E-state index contributed by atoms with van der Waals surface area (Å²) in [5.41, 5.74) is 6.07. The molecule has 0 bridgehead atoms. The van der Waals surface area contributed by atoms with E-state index >= 15 is 0 Å². The third-order valence-electron chi connectivity index (χ3n) is 3.88. The Morgan fingerprint density at radius 2 is 2.44 bits per heavy atom. The number of carbonyl (C=O) groups excluding carboxylic acids is 1. The number of nitrogens with two attached hydrogens (primary N) is 1. The van der Waals surface area contributed by atoms with Crippen molar-refractivity contribution < 1.29 is 9.53 Å². The van der Waals surface area contributed by atoms with Gasteiger partial charge in [0.15, 0.2) is 0 Å². The highest BCUT2D eigenvalue weighted by atomic mass is 32.1. The molecular weight excluding hydrogens is 248 g/mol. The maximum atomic E-state index is 12.5. The van der Waals surface area contributed by atoms with Crippen LogP contribution in [-0.2, 0) is 9.53 Å². The standard InChI is InChI=1S/C13H18N2O2S/c14-12(11-5-2-8-18-11)13(16)15-6-7-17-10-4-1-3-9(10)15/h2,5,8-10,12H,1,3-4,6-7,14H2. The summed E-state index contributed by atoms with van der Waals surface area (Å²) in [6.07, 6.45) is 3.50. The topological polar surface area (TPSA) is 55.6 Å². The fourth-order valence-corrected chi connectivity index (χ4v) is 3.69. The molecule has 3 rings (SSSR count). The van der Waals surface area contributed by atoms with Gasteiger partial charge in [-0.1, -0.05) is 6.07 Å². The van der Waals surface area contributed by atoms with Crippen LogP contribution in [0.3, 0.4) is 0 Å². The number of hydrogen-bond acceptors (Lipinski definition) is 4. The number of hydrogen-bond donors (Lipinski definition) is 1. The monoisotopic (exact) mass is 266 g/mol. The summed E-state index contributed by atoms with van der Waals surface area (Å²) in [6, 6.07) is 3.60. The van der Waals surface area contributed by atoms with E-state index in [0.717, 1.165) is 24.1 Å². The maximum Gasteiger partial charge on any atom is 0.245 e. The van der Waals surface area contributed by atoms with Gasteiger partial charge in [0.1, 0.15) is 6.04 Å². The van der Waals surface area contributed by atoms with Crippen molar-refractivity contribution in [3.63, 3.8) is 0 Å². The quantitative estimate of drug-likeness (QED) is 0.883. The molecule has 1 aliphatic carbocycles. The van der Waals surface area contributed by atoms with Gasteiger partial charge >= 0.3 is 0 Å². The molecule has 1 saturated carbocycles. The van der Waals surface area contributed by atoms with Crippen LogP contribution >= 0.6 is 11.3 Å². The van der Waals surface area contributed by atoms with Crippen molar-refractivity contribution >= 4 is 17.2 Å². The lowest BCUT2D eigenvalue weighted by molar-refractivity contribution is -0.145. The minimum atomic E-state index is -0.510. The fourth-order valence-electron chi connectivity index (χ4n) is 2.97. The Morgan fingerprint density at radius 1 is 1.56 bits per heavy atom. The Balaban J connectivity index is 1.75. The van der Waals surface area contributed by atoms with E-state index in [-0.39, 0.29) is 18.1 Å². The molecule has 1 saturated heterocycles. The van der Waals surface area contributed by atoms with Gasteiger partial charge in [-0.25, -0.2) is 0 Å². The van der Waals surface area contributed by atoms with E-state index in [0.29, 0.717) is 13.2 Å². The number of nitrogens with zero attached hydrogens (tertiary/aromatic N) is 1. The molecule has 1 amide bonds. The van der Waals surface area contributed by atoms with Crippen LogP contribution in [0.4, 0.5) is 0 Å². The Labute approximate surface area is 111 Å². The smallest absolute Gasteiger partial charge is 0.245 e. The maximum absolute atomic E-state index is 12.5. The summed E-state index contributed by atoms with van der Waals surface area (Å²) < 4.78 is 5.72. The SMILES string of the molecule is NC(C(=O)N1CCOC2CCCC21)c1cccs1. The van der Waals surface area contributed by atoms with Crippen molar-refractivity contribution in [3.05, 3.63) is 22.4 Å². The van der Waals surface area contributed by atoms with Crippen LogP contribution < -0.4 is 5.73 Å². The average Bonchev–Trinajstić information content (AvgIpc) is 3.06. The van der Waals surface area contributed by atoms with Crippen molar-refractivity contribution in [1.29, 1.82) is 0 Å². The molecule has 2 N–H and O–H groups in total. The van der Waals surface area contributed by atoms with Gasteiger partial charge < -0.3 is 15.4 Å². The second-order valence-corrected chi connectivity index (χ2v) is 5.91. The largest absolute Gasteiger partial charge is 0.374 e. The number of ether oxygens (including phenoxy) is 1. The molecule has 1 aromatic rings. The number of thiophene rings is 1. The van der Waals surface area contributed by atoms with E-state index in [1.165, 1.54) is 0 Å². The van der Waals surface area contributed by atoms with Crippen LogP contribution in [0.2, 0.25) is 0 Å². The Bertz CT molecular complexity index is 421. The molecular formula is C13H18N2O2S. The van der Waals surface area contributed by atoms with Crippen LogP contribution in [-0.4, -0.2) is 36.1 Å². The van der Waals surface area contributed by atoms with Crippen molar-refractivity contribution in [2.45, 2.75) is 37.5 Å². The summed E-state index contributed by atoms with van der Waals surface area (Å²) in [4.78, 5) is 15.4. The lowest BCUT2D eigenvalue weighted by atomic mass is 10.1. The van der Waals surface area contributed by atoms with E-state index in [1.807, 2.05) is 22.4 Å². The third-order valence-corrected chi connectivity index (χ3v) is 4.84. The molecule has 1 aliphatic heterocycles. The van der Waals surface area contributed by atoms with Crippen molar-refractivity contribution in [2.75, 3.05) is 13.2 Å². The molecule has 1 aromatic heterocycles. The zero-order chi connectivity index (χ0) is 12.5. The summed E-state index contributed by atoms with van der Waals surface area (Å²) in [7, 11) is 0. The number of fused-ring (bicyclic) bond motifs is 1. The first-order valence-corrected chi connectivity index (χ1v) is 7.36. The molecule has 3 atom stereocenters. The van der Waals surface area contributed by atoms with Gasteiger partial charge in [0.2, 0.25) is 5.91 Å². The number of amides is 1. The van der Waals surface area contributed by atoms with Crippen LogP contribution in [0.25, 0.3) is 0 Å². The van der Waals surface area contributed by atoms with Crippen LogP contribution in [0.15, 0.2) is 17.5 Å². The lowest BCUT2D eigenvalue weighted by Crippen LogP contribution is -2.53. The predicted octanol–water partition coefficient (Wildman–Crippen LogP) is 1.53. The molecule has 3 unspecified atom stereocenters. The zero-order valence-electron chi connectivity index (χ0n) is 10.2. The van der Waals surface area contributed by atoms with E-state index in [1.54, 1.807) is 11.3 Å². The second kappa shape index (κ2) is 4.99. The molecule has 0 radical (unpaired) electrons. The minimum absolute atomic E-state index is 0.0534. The molecule has 2 fully saturated rings. The Morgan fingerprint density at radius 3 is 3.22 bits per heavy atom. The normalized spacial score (nSPS) is 29.1. The zero-order valence-corrected chi connectivity index (χ0v) is 11.1. The summed E-state index contributed by atoms with van der Waals surface area (Å²) in [5, 5.41) is 1.96. The van der Waals surface area contributed by atoms with Crippen molar-refractivity contribution in [3.8, 4) is 0 Å². The Kier molecular flexibility index (Phi) is 3.37. The summed E-state index contributed by atoms with van der Waals surface area (Å²) in [6.45, 7) is 1.32. The first-order chi connectivity index (χ1) is 8.77. The van der Waals surface area contributed by atoms with Gasteiger partial charge in [0.25, 0.3) is 0 Å². The Hall–Kier alpha value is -0.910. The van der Waals surface area contributed by atoms with Crippen molar-refractivity contribution in [2.24, 2.45) is 5.73 Å². The number of rotatable bonds is 2. The highest BCUT2D eigenvalue weighted by molar-refractivity contribution is 7.10. The highest BCUT2D eigenvalue weighted by Crippen LogP contribution is 2.31. The van der Waals surface area contributed by atoms with Gasteiger partial charge in [-0.2, -0.15) is 0 Å². The van der Waals surface area contributed by atoms with Crippen molar-refractivity contribution in [1.82, 2.24) is 4.90 Å². The van der Waals surface area contributed by atoms with Crippen LogP contribution in [0.5, 0.6) is 0 Å². The molecule has 0 aromatic carbocycles. The van der Waals surface area contributed by atoms with E-state index in [4.69, 9.17) is 10.5 Å². The number of carbonyl (C=O) groups is 1. The molecule has 98 valence electrons. The summed E-state index contributed by atoms with van der Waals surface area (Å²) >= 11 is 1.54. The average molecular weight is 266 g/mol. The molecule has 2 heterocycles. The molecule has 0 spiro atoms. The first-order valence-electron chi connectivity index (χ1n) is 6.48. The summed E-state index contributed by atoms with van der Waals surface area (Å²) in [5.74, 6) is 0.0534. The molecule has 18 heavy (non-hydrogen) atoms. The van der Waals surface area contributed by atoms with E-state index in [2.05, 4.69) is 0 Å². The molecule has 5 heteroatoms. The van der Waals surface area contributed by atoms with Gasteiger partial charge in [0, 0.05) is 11.4 Å².